The van der Waals surface area contributed by atoms with Gasteiger partial charge in [-0.3, -0.25) is 0 Å². The number of hydrogen-bond acceptors (Lipinski definition) is 1. The minimum atomic E-state index is 0.533. The molecule has 0 aliphatic rings. The minimum Gasteiger partial charge on any atom is -0.316 e. The fourth-order valence-corrected chi connectivity index (χ4v) is 1.93. The van der Waals surface area contributed by atoms with Gasteiger partial charge in [0.1, 0.15) is 0 Å². The van der Waals surface area contributed by atoms with E-state index in [1.54, 1.807) is 0 Å². The van der Waals surface area contributed by atoms with E-state index in [4.69, 9.17) is 0 Å². The van der Waals surface area contributed by atoms with Crippen LogP contribution in [0.15, 0.2) is 43.0 Å². The molecule has 82 valence electrons. The van der Waals surface area contributed by atoms with Gasteiger partial charge >= 0.3 is 0 Å². The molecule has 2 unspecified atom stereocenters. The van der Waals surface area contributed by atoms with E-state index in [2.05, 4.69) is 49.2 Å². The van der Waals surface area contributed by atoms with Crippen LogP contribution in [0.2, 0.25) is 0 Å². The lowest BCUT2D eigenvalue weighted by Crippen LogP contribution is -2.30. The molecule has 0 aliphatic carbocycles. The topological polar surface area (TPSA) is 12.0 Å². The van der Waals surface area contributed by atoms with E-state index in [-0.39, 0.29) is 0 Å². The molecule has 0 aromatic heterocycles. The number of nitrogens with one attached hydrogen (secondary N) is 1. The Morgan fingerprint density at radius 2 is 2.00 bits per heavy atom. The molecule has 1 rings (SSSR count). The van der Waals surface area contributed by atoms with Gasteiger partial charge in [0.2, 0.25) is 0 Å². The molecule has 2 atom stereocenters. The van der Waals surface area contributed by atoms with Crippen molar-refractivity contribution in [3.05, 3.63) is 48.6 Å². The van der Waals surface area contributed by atoms with Crippen LogP contribution in [0.3, 0.4) is 0 Å². The highest BCUT2D eigenvalue weighted by molar-refractivity contribution is 5.20. The van der Waals surface area contributed by atoms with Crippen LogP contribution in [0, 0.1) is 0 Å². The van der Waals surface area contributed by atoms with Crippen LogP contribution >= 0.6 is 0 Å². The predicted octanol–water partition coefficient (Wildman–Crippen LogP) is 3.34. The normalized spacial score (nSPS) is 14.5. The molecule has 1 N–H and O–H groups in total. The maximum atomic E-state index is 3.77. The van der Waals surface area contributed by atoms with Gasteiger partial charge in [-0.25, -0.2) is 0 Å². The zero-order chi connectivity index (χ0) is 11.1. The van der Waals surface area contributed by atoms with Crippen LogP contribution in [0.5, 0.6) is 0 Å². The van der Waals surface area contributed by atoms with Gasteiger partial charge in [-0.05, 0) is 31.4 Å². The van der Waals surface area contributed by atoms with Crippen LogP contribution in [0.25, 0.3) is 0 Å². The summed E-state index contributed by atoms with van der Waals surface area (Å²) in [5, 5.41) is 3.39. The van der Waals surface area contributed by atoms with Crippen molar-refractivity contribution in [2.45, 2.75) is 31.7 Å². The van der Waals surface area contributed by atoms with Crippen molar-refractivity contribution in [3.63, 3.8) is 0 Å². The molecule has 0 spiro atoms. The average Bonchev–Trinajstić information content (AvgIpc) is 2.31. The number of allylic oxidation sites excluding steroid dienone is 1. The summed E-state index contributed by atoms with van der Waals surface area (Å²) in [6, 6.07) is 11.2. The standard InChI is InChI=1S/C14H21N/c1-4-5-11-14(15-3)12(2)13-9-7-6-8-10-13/h4,6-10,12,14-15H,1,5,11H2,2-3H3. The maximum Gasteiger partial charge on any atom is 0.0133 e. The number of rotatable bonds is 6. The third-order valence-corrected chi connectivity index (χ3v) is 2.98. The van der Waals surface area contributed by atoms with E-state index in [1.807, 2.05) is 13.1 Å². The van der Waals surface area contributed by atoms with E-state index in [0.29, 0.717) is 12.0 Å². The third-order valence-electron chi connectivity index (χ3n) is 2.98. The van der Waals surface area contributed by atoms with Gasteiger partial charge in [0.05, 0.1) is 0 Å². The Labute approximate surface area is 93.2 Å². The highest BCUT2D eigenvalue weighted by Crippen LogP contribution is 2.21. The van der Waals surface area contributed by atoms with Crippen molar-refractivity contribution in [1.29, 1.82) is 0 Å². The van der Waals surface area contributed by atoms with Crippen molar-refractivity contribution in [3.8, 4) is 0 Å². The molecule has 1 heteroatoms. The number of likely N-dealkylation sites (N-methyl/N-ethyl adjacent to an activating group) is 1. The first kappa shape index (κ1) is 12.0. The quantitative estimate of drug-likeness (QED) is 0.699. The van der Waals surface area contributed by atoms with Crippen LogP contribution in [-0.2, 0) is 0 Å². The summed E-state index contributed by atoms with van der Waals surface area (Å²) in [6.07, 6.45) is 4.21. The molecular weight excluding hydrogens is 182 g/mol. The molecule has 0 saturated carbocycles. The Morgan fingerprint density at radius 1 is 1.33 bits per heavy atom. The molecule has 1 aromatic carbocycles. The first-order valence-electron chi connectivity index (χ1n) is 5.62. The summed E-state index contributed by atoms with van der Waals surface area (Å²) in [4.78, 5) is 0. The first-order valence-corrected chi connectivity index (χ1v) is 5.62. The third kappa shape index (κ3) is 3.52. The van der Waals surface area contributed by atoms with Gasteiger partial charge in [0, 0.05) is 6.04 Å². The summed E-state index contributed by atoms with van der Waals surface area (Å²) >= 11 is 0. The molecule has 1 aromatic rings. The highest BCUT2D eigenvalue weighted by Gasteiger charge is 2.15. The number of benzene rings is 1. The van der Waals surface area contributed by atoms with E-state index >= 15 is 0 Å². The SMILES string of the molecule is C=CCCC(NC)C(C)c1ccccc1. The summed E-state index contributed by atoms with van der Waals surface area (Å²) in [6.45, 7) is 6.05. The second-order valence-corrected chi connectivity index (χ2v) is 3.96. The lowest BCUT2D eigenvalue weighted by atomic mass is 9.90. The molecule has 0 amide bonds. The Kier molecular flexibility index (Phi) is 5.13. The fraction of sp³-hybridized carbons (Fsp3) is 0.429. The molecular formula is C14H21N. The first-order chi connectivity index (χ1) is 7.29. The molecule has 0 radical (unpaired) electrons. The lowest BCUT2D eigenvalue weighted by Gasteiger charge is -2.23. The summed E-state index contributed by atoms with van der Waals surface area (Å²) < 4.78 is 0. The maximum absolute atomic E-state index is 3.77. The molecule has 0 heterocycles. The van der Waals surface area contributed by atoms with Gasteiger partial charge in [-0.15, -0.1) is 6.58 Å². The highest BCUT2D eigenvalue weighted by atomic mass is 14.9. The van der Waals surface area contributed by atoms with Crippen molar-refractivity contribution in [2.24, 2.45) is 0 Å². The van der Waals surface area contributed by atoms with Crippen LogP contribution in [0.4, 0.5) is 0 Å². The summed E-state index contributed by atoms with van der Waals surface area (Å²) in [5.74, 6) is 0.552. The van der Waals surface area contributed by atoms with Crippen LogP contribution in [0.1, 0.15) is 31.2 Å². The Hall–Kier alpha value is -1.08. The largest absolute Gasteiger partial charge is 0.316 e. The molecule has 1 nitrogen and oxygen atoms in total. The van der Waals surface area contributed by atoms with Gasteiger partial charge in [0.25, 0.3) is 0 Å². The second-order valence-electron chi connectivity index (χ2n) is 3.96. The van der Waals surface area contributed by atoms with Gasteiger partial charge in [-0.2, -0.15) is 0 Å². The van der Waals surface area contributed by atoms with E-state index in [0.717, 1.165) is 12.8 Å². The average molecular weight is 203 g/mol. The van der Waals surface area contributed by atoms with Crippen LogP contribution in [-0.4, -0.2) is 13.1 Å². The molecule has 0 fully saturated rings. The summed E-state index contributed by atoms with van der Waals surface area (Å²) in [7, 11) is 2.03. The Bertz CT molecular complexity index is 279. The zero-order valence-electron chi connectivity index (χ0n) is 9.74. The number of hydrogen-bond donors (Lipinski definition) is 1. The Morgan fingerprint density at radius 3 is 2.53 bits per heavy atom. The van der Waals surface area contributed by atoms with Crippen molar-refractivity contribution >= 4 is 0 Å². The molecule has 0 saturated heterocycles. The monoisotopic (exact) mass is 203 g/mol. The minimum absolute atomic E-state index is 0.533. The molecule has 15 heavy (non-hydrogen) atoms. The molecule has 0 bridgehead atoms. The zero-order valence-corrected chi connectivity index (χ0v) is 9.74. The van der Waals surface area contributed by atoms with E-state index < -0.39 is 0 Å². The van der Waals surface area contributed by atoms with E-state index in [9.17, 15) is 0 Å². The van der Waals surface area contributed by atoms with Crippen LogP contribution < -0.4 is 5.32 Å². The Balaban J connectivity index is 2.64. The van der Waals surface area contributed by atoms with Gasteiger partial charge in [0.15, 0.2) is 0 Å². The van der Waals surface area contributed by atoms with Crippen molar-refractivity contribution in [2.75, 3.05) is 7.05 Å². The fourth-order valence-electron chi connectivity index (χ4n) is 1.93. The lowest BCUT2D eigenvalue weighted by molar-refractivity contribution is 0.459. The van der Waals surface area contributed by atoms with Crippen molar-refractivity contribution < 1.29 is 0 Å². The van der Waals surface area contributed by atoms with Gasteiger partial charge in [-0.1, -0.05) is 43.3 Å². The summed E-state index contributed by atoms with van der Waals surface area (Å²) in [5.41, 5.74) is 1.40. The second kappa shape index (κ2) is 6.41. The smallest absolute Gasteiger partial charge is 0.0133 e. The predicted molar refractivity (Wildman–Crippen MR) is 67.1 cm³/mol. The van der Waals surface area contributed by atoms with E-state index in [1.165, 1.54) is 5.56 Å². The van der Waals surface area contributed by atoms with Crippen molar-refractivity contribution in [1.82, 2.24) is 5.32 Å². The van der Waals surface area contributed by atoms with Gasteiger partial charge < -0.3 is 5.32 Å². The molecule has 0 aliphatic heterocycles.